The number of primary sulfonamides is 1. The molecule has 36 heavy (non-hydrogen) atoms. The highest BCUT2D eigenvalue weighted by atomic mass is 32.2. The number of aromatic nitrogens is 4. The van der Waals surface area contributed by atoms with Gasteiger partial charge in [0.2, 0.25) is 5.75 Å². The van der Waals surface area contributed by atoms with Crippen LogP contribution in [0.4, 0.5) is 0 Å². The van der Waals surface area contributed by atoms with Crippen LogP contribution in [-0.4, -0.2) is 42.6 Å². The molecule has 0 unspecified atom stereocenters. The highest BCUT2D eigenvalue weighted by Gasteiger charge is 2.27. The Labute approximate surface area is 207 Å². The molecular formula is C24H20N6O5S. The number of nitrogens with zero attached hydrogens (tertiary/aromatic N) is 5. The smallest absolute Gasteiger partial charge is 0.261 e. The average molecular weight is 505 g/mol. The van der Waals surface area contributed by atoms with Crippen LogP contribution in [0.2, 0.25) is 0 Å². The van der Waals surface area contributed by atoms with Crippen LogP contribution < -0.4 is 19.3 Å². The third kappa shape index (κ3) is 4.92. The topological polar surface area (TPSA) is 163 Å². The predicted molar refractivity (Wildman–Crippen MR) is 129 cm³/mol. The summed E-state index contributed by atoms with van der Waals surface area (Å²) in [5, 5.41) is 14.3. The van der Waals surface area contributed by atoms with E-state index in [9.17, 15) is 13.7 Å². The first-order chi connectivity index (χ1) is 17.2. The van der Waals surface area contributed by atoms with Crippen LogP contribution in [0.5, 0.6) is 23.1 Å². The zero-order chi connectivity index (χ0) is 25.9. The van der Waals surface area contributed by atoms with Gasteiger partial charge in [0.25, 0.3) is 15.9 Å². The number of para-hydroxylation sites is 2. The summed E-state index contributed by atoms with van der Waals surface area (Å²) >= 11 is 0. The molecular weight excluding hydrogens is 484 g/mol. The van der Waals surface area contributed by atoms with Crippen LogP contribution in [0.1, 0.15) is 11.3 Å². The molecule has 3 heterocycles. The van der Waals surface area contributed by atoms with E-state index in [0.717, 1.165) is 0 Å². The molecule has 0 radical (unpaired) electrons. The Hall–Kier alpha value is -4.60. The van der Waals surface area contributed by atoms with Crippen molar-refractivity contribution in [3.8, 4) is 51.8 Å². The van der Waals surface area contributed by atoms with Gasteiger partial charge in [-0.1, -0.05) is 12.1 Å². The molecule has 182 valence electrons. The Bertz CT molecular complexity index is 1600. The largest absolute Gasteiger partial charge is 0.493 e. The second kappa shape index (κ2) is 9.95. The number of benzene rings is 1. The summed E-state index contributed by atoms with van der Waals surface area (Å²) in [4.78, 5) is 17.1. The van der Waals surface area contributed by atoms with E-state index in [1.54, 1.807) is 43.3 Å². The van der Waals surface area contributed by atoms with Crippen molar-refractivity contribution in [2.75, 3.05) is 14.2 Å². The zero-order valence-electron chi connectivity index (χ0n) is 19.5. The van der Waals surface area contributed by atoms with Crippen LogP contribution >= 0.6 is 0 Å². The lowest BCUT2D eigenvalue weighted by Crippen LogP contribution is -2.16. The number of hydrogen-bond donors (Lipinski definition) is 1. The second-order valence-electron chi connectivity index (χ2n) is 7.44. The first kappa shape index (κ1) is 24.5. The number of sulfonamides is 1. The SMILES string of the molecule is COc1ccccc1Oc1c(OC)nc(-c2ccnc(C#N)c2)nc1-c1cc(C)cnc1S(N)(=O)=O. The molecule has 0 fully saturated rings. The van der Waals surface area contributed by atoms with Gasteiger partial charge in [0, 0.05) is 23.5 Å². The molecule has 0 aliphatic heterocycles. The first-order valence-corrected chi connectivity index (χ1v) is 11.9. The van der Waals surface area contributed by atoms with E-state index in [1.807, 2.05) is 6.07 Å². The standard InChI is InChI=1S/C24H20N6O5S/c1-14-10-17(24(28-13-14)36(26,31)32)20-21(35-19-7-5-4-6-18(19)33-2)23(34-3)30-22(29-20)15-8-9-27-16(11-15)12-25/h4-11,13H,1-3H3,(H2,26,31,32). The summed E-state index contributed by atoms with van der Waals surface area (Å²) in [6.45, 7) is 1.74. The van der Waals surface area contributed by atoms with Crippen LogP contribution in [0.25, 0.3) is 22.6 Å². The van der Waals surface area contributed by atoms with Crippen LogP contribution in [0, 0.1) is 18.3 Å². The molecule has 0 saturated carbocycles. The Balaban J connectivity index is 2.06. The van der Waals surface area contributed by atoms with E-state index < -0.39 is 15.0 Å². The molecule has 1 aromatic carbocycles. The van der Waals surface area contributed by atoms with Gasteiger partial charge in [0.1, 0.15) is 17.5 Å². The Kier molecular flexibility index (Phi) is 6.77. The van der Waals surface area contributed by atoms with Gasteiger partial charge in [-0.05, 0) is 42.8 Å². The Morgan fingerprint density at radius 2 is 1.75 bits per heavy atom. The fourth-order valence-corrected chi connectivity index (χ4v) is 4.03. The van der Waals surface area contributed by atoms with Crippen molar-refractivity contribution in [2.24, 2.45) is 5.14 Å². The summed E-state index contributed by atoms with van der Waals surface area (Å²) in [7, 11) is -1.39. The maximum atomic E-state index is 12.4. The monoisotopic (exact) mass is 504 g/mol. The maximum Gasteiger partial charge on any atom is 0.261 e. The number of nitriles is 1. The second-order valence-corrected chi connectivity index (χ2v) is 8.92. The van der Waals surface area contributed by atoms with Crippen molar-refractivity contribution in [1.82, 2.24) is 19.9 Å². The highest BCUT2D eigenvalue weighted by Crippen LogP contribution is 2.43. The van der Waals surface area contributed by atoms with E-state index in [0.29, 0.717) is 22.6 Å². The maximum absolute atomic E-state index is 12.4. The summed E-state index contributed by atoms with van der Waals surface area (Å²) in [6.07, 6.45) is 2.82. The van der Waals surface area contributed by atoms with Crippen molar-refractivity contribution in [2.45, 2.75) is 11.9 Å². The summed E-state index contributed by atoms with van der Waals surface area (Å²) in [5.74, 6) is 0.867. The molecule has 0 saturated heterocycles. The lowest BCUT2D eigenvalue weighted by Gasteiger charge is -2.17. The summed E-state index contributed by atoms with van der Waals surface area (Å²) in [5.41, 5.74) is 1.38. The van der Waals surface area contributed by atoms with Crippen molar-refractivity contribution < 1.29 is 22.6 Å². The fourth-order valence-electron chi connectivity index (χ4n) is 3.37. The minimum absolute atomic E-state index is 0.00176. The minimum Gasteiger partial charge on any atom is -0.493 e. The molecule has 4 rings (SSSR count). The quantitative estimate of drug-likeness (QED) is 0.395. The molecule has 4 aromatic rings. The average Bonchev–Trinajstić information content (AvgIpc) is 2.88. The molecule has 12 heteroatoms. The predicted octanol–water partition coefficient (Wildman–Crippen LogP) is 3.24. The molecule has 11 nitrogen and oxygen atoms in total. The van der Waals surface area contributed by atoms with E-state index in [2.05, 4.69) is 19.9 Å². The van der Waals surface area contributed by atoms with Gasteiger partial charge in [-0.25, -0.2) is 28.5 Å². The molecule has 3 aromatic heterocycles. The molecule has 0 atom stereocenters. The fraction of sp³-hybridized carbons (Fsp3) is 0.125. The Morgan fingerprint density at radius 1 is 1.00 bits per heavy atom. The number of rotatable bonds is 7. The molecule has 0 spiro atoms. The van der Waals surface area contributed by atoms with E-state index in [1.165, 1.54) is 32.7 Å². The van der Waals surface area contributed by atoms with Crippen LogP contribution in [0.3, 0.4) is 0 Å². The van der Waals surface area contributed by atoms with Crippen molar-refractivity contribution in [3.63, 3.8) is 0 Å². The van der Waals surface area contributed by atoms with Crippen LogP contribution in [0.15, 0.2) is 59.9 Å². The van der Waals surface area contributed by atoms with Crippen LogP contribution in [-0.2, 0) is 10.0 Å². The van der Waals surface area contributed by atoms with Gasteiger partial charge in [0.05, 0.1) is 14.2 Å². The molecule has 0 bridgehead atoms. The van der Waals surface area contributed by atoms with Gasteiger partial charge in [-0.3, -0.25) is 0 Å². The zero-order valence-corrected chi connectivity index (χ0v) is 20.3. The van der Waals surface area contributed by atoms with E-state index in [4.69, 9.17) is 19.3 Å². The van der Waals surface area contributed by atoms with Gasteiger partial charge >= 0.3 is 0 Å². The number of aryl methyl sites for hydroxylation is 1. The van der Waals surface area contributed by atoms with E-state index in [-0.39, 0.29) is 34.4 Å². The molecule has 2 N–H and O–H groups in total. The van der Waals surface area contributed by atoms with Crippen molar-refractivity contribution in [1.29, 1.82) is 5.26 Å². The number of nitrogens with two attached hydrogens (primary N) is 1. The summed E-state index contributed by atoms with van der Waals surface area (Å²) in [6, 6.07) is 13.5. The van der Waals surface area contributed by atoms with Gasteiger partial charge in [-0.2, -0.15) is 10.2 Å². The lowest BCUT2D eigenvalue weighted by molar-refractivity contribution is 0.347. The third-order valence-electron chi connectivity index (χ3n) is 4.95. The van der Waals surface area contributed by atoms with E-state index >= 15 is 0 Å². The third-order valence-corrected chi connectivity index (χ3v) is 5.82. The number of ether oxygens (including phenoxy) is 3. The minimum atomic E-state index is -4.25. The Morgan fingerprint density at radius 3 is 2.42 bits per heavy atom. The molecule has 0 aliphatic rings. The van der Waals surface area contributed by atoms with Gasteiger partial charge in [-0.15, -0.1) is 0 Å². The number of pyridine rings is 2. The molecule has 0 aliphatic carbocycles. The number of methoxy groups -OCH3 is 2. The lowest BCUT2D eigenvalue weighted by atomic mass is 10.1. The van der Waals surface area contributed by atoms with Crippen molar-refractivity contribution in [3.05, 3.63) is 66.1 Å². The number of hydrogen-bond acceptors (Lipinski definition) is 10. The van der Waals surface area contributed by atoms with Gasteiger partial charge in [0.15, 0.2) is 22.3 Å². The first-order valence-electron chi connectivity index (χ1n) is 10.4. The van der Waals surface area contributed by atoms with Crippen molar-refractivity contribution >= 4 is 10.0 Å². The van der Waals surface area contributed by atoms with Gasteiger partial charge < -0.3 is 14.2 Å². The highest BCUT2D eigenvalue weighted by molar-refractivity contribution is 7.89. The molecule has 0 amide bonds. The normalized spacial score (nSPS) is 11.0. The summed E-state index contributed by atoms with van der Waals surface area (Å²) < 4.78 is 41.9.